The average molecular weight is 238 g/mol. The first-order valence-corrected chi connectivity index (χ1v) is 5.85. The van der Waals surface area contributed by atoms with E-state index in [0.717, 1.165) is 25.1 Å². The smallest absolute Gasteiger partial charge is 0.144 e. The highest BCUT2D eigenvalue weighted by molar-refractivity contribution is 5.85. The predicted octanol–water partition coefficient (Wildman–Crippen LogP) is 2.05. The van der Waals surface area contributed by atoms with E-state index in [1.807, 2.05) is 27.1 Å². The zero-order chi connectivity index (χ0) is 13.1. The lowest BCUT2D eigenvalue weighted by atomic mass is 9.86. The van der Waals surface area contributed by atoms with Gasteiger partial charge in [0, 0.05) is 17.7 Å². The molecule has 1 aromatic heterocycles. The van der Waals surface area contributed by atoms with Crippen molar-refractivity contribution in [2.75, 3.05) is 0 Å². The van der Waals surface area contributed by atoms with Gasteiger partial charge in [0.1, 0.15) is 5.84 Å². The summed E-state index contributed by atoms with van der Waals surface area (Å²) in [6, 6.07) is 0. The third-order valence-corrected chi connectivity index (χ3v) is 3.35. The van der Waals surface area contributed by atoms with Crippen LogP contribution in [-0.2, 0) is 6.54 Å². The van der Waals surface area contributed by atoms with E-state index in [2.05, 4.69) is 21.6 Å². The van der Waals surface area contributed by atoms with Gasteiger partial charge in [-0.2, -0.15) is 0 Å². The molecular formula is C12H22N4O. The van der Waals surface area contributed by atoms with E-state index in [4.69, 9.17) is 10.9 Å². The van der Waals surface area contributed by atoms with Crippen LogP contribution in [0.4, 0.5) is 0 Å². The third kappa shape index (κ3) is 3.22. The molecule has 0 bridgehead atoms. The minimum Gasteiger partial charge on any atom is -0.409 e. The molecule has 0 spiro atoms. The number of hydrogen-bond acceptors (Lipinski definition) is 3. The molecule has 0 unspecified atom stereocenters. The number of aryl methyl sites for hydroxylation is 2. The van der Waals surface area contributed by atoms with Crippen molar-refractivity contribution < 1.29 is 5.21 Å². The second-order valence-corrected chi connectivity index (χ2v) is 5.08. The van der Waals surface area contributed by atoms with Crippen molar-refractivity contribution in [1.82, 2.24) is 9.55 Å². The Morgan fingerprint density at radius 1 is 1.53 bits per heavy atom. The van der Waals surface area contributed by atoms with Crippen molar-refractivity contribution in [2.24, 2.45) is 16.3 Å². The van der Waals surface area contributed by atoms with Gasteiger partial charge in [-0.25, -0.2) is 4.98 Å². The maximum Gasteiger partial charge on any atom is 0.144 e. The quantitative estimate of drug-likeness (QED) is 0.357. The number of aromatic nitrogens is 2. The molecule has 0 saturated heterocycles. The molecule has 3 N–H and O–H groups in total. The SMILES string of the molecule is Cc1ncn(CCCC(C)(C)C(N)=NO)c1C. The van der Waals surface area contributed by atoms with Crippen LogP contribution >= 0.6 is 0 Å². The fraction of sp³-hybridized carbons (Fsp3) is 0.667. The summed E-state index contributed by atoms with van der Waals surface area (Å²) in [4.78, 5) is 4.26. The van der Waals surface area contributed by atoms with Crippen LogP contribution in [0.15, 0.2) is 11.5 Å². The Kier molecular flexibility index (Phi) is 4.15. The molecule has 0 aliphatic rings. The van der Waals surface area contributed by atoms with Crippen LogP contribution in [-0.4, -0.2) is 20.6 Å². The lowest BCUT2D eigenvalue weighted by Crippen LogP contribution is -2.32. The van der Waals surface area contributed by atoms with Crippen LogP contribution in [0.25, 0.3) is 0 Å². The minimum atomic E-state index is -0.266. The molecule has 0 aliphatic heterocycles. The van der Waals surface area contributed by atoms with Gasteiger partial charge in [0.25, 0.3) is 0 Å². The molecule has 1 aromatic rings. The molecule has 5 heteroatoms. The summed E-state index contributed by atoms with van der Waals surface area (Å²) in [6.07, 6.45) is 3.71. The summed E-state index contributed by atoms with van der Waals surface area (Å²) in [5.74, 6) is 0.288. The predicted molar refractivity (Wildman–Crippen MR) is 68.1 cm³/mol. The van der Waals surface area contributed by atoms with E-state index >= 15 is 0 Å². The summed E-state index contributed by atoms with van der Waals surface area (Å²) in [6.45, 7) is 8.94. The van der Waals surface area contributed by atoms with Crippen molar-refractivity contribution in [3.8, 4) is 0 Å². The van der Waals surface area contributed by atoms with Crippen LogP contribution in [0.5, 0.6) is 0 Å². The second kappa shape index (κ2) is 5.21. The van der Waals surface area contributed by atoms with Gasteiger partial charge in [-0.3, -0.25) is 0 Å². The van der Waals surface area contributed by atoms with Crippen molar-refractivity contribution in [2.45, 2.75) is 47.1 Å². The monoisotopic (exact) mass is 238 g/mol. The molecule has 5 nitrogen and oxygen atoms in total. The highest BCUT2D eigenvalue weighted by Crippen LogP contribution is 2.23. The van der Waals surface area contributed by atoms with Crippen LogP contribution in [0.1, 0.15) is 38.1 Å². The van der Waals surface area contributed by atoms with E-state index in [1.54, 1.807) is 0 Å². The van der Waals surface area contributed by atoms with Crippen molar-refractivity contribution in [1.29, 1.82) is 0 Å². The maximum absolute atomic E-state index is 8.68. The molecule has 0 atom stereocenters. The molecular weight excluding hydrogens is 216 g/mol. The largest absolute Gasteiger partial charge is 0.409 e. The molecule has 0 fully saturated rings. The zero-order valence-corrected chi connectivity index (χ0v) is 11.1. The van der Waals surface area contributed by atoms with Gasteiger partial charge in [0.15, 0.2) is 0 Å². The molecule has 0 saturated carbocycles. The molecule has 0 amide bonds. The Hall–Kier alpha value is -1.52. The Labute approximate surface area is 102 Å². The molecule has 96 valence electrons. The maximum atomic E-state index is 8.68. The molecule has 1 rings (SSSR count). The van der Waals surface area contributed by atoms with Crippen LogP contribution < -0.4 is 5.73 Å². The van der Waals surface area contributed by atoms with Gasteiger partial charge in [0.05, 0.1) is 12.0 Å². The van der Waals surface area contributed by atoms with E-state index in [9.17, 15) is 0 Å². The van der Waals surface area contributed by atoms with Crippen LogP contribution in [0, 0.1) is 19.3 Å². The molecule has 17 heavy (non-hydrogen) atoms. The molecule has 0 aromatic carbocycles. The minimum absolute atomic E-state index is 0.266. The summed E-state index contributed by atoms with van der Waals surface area (Å²) in [5.41, 5.74) is 7.65. The van der Waals surface area contributed by atoms with Gasteiger partial charge in [-0.1, -0.05) is 19.0 Å². The fourth-order valence-corrected chi connectivity index (χ4v) is 1.72. The van der Waals surface area contributed by atoms with Crippen molar-refractivity contribution >= 4 is 5.84 Å². The van der Waals surface area contributed by atoms with Gasteiger partial charge in [0.2, 0.25) is 0 Å². The summed E-state index contributed by atoms with van der Waals surface area (Å²) in [5, 5.41) is 11.8. The van der Waals surface area contributed by atoms with Crippen LogP contribution in [0.3, 0.4) is 0 Å². The van der Waals surface area contributed by atoms with E-state index < -0.39 is 0 Å². The first kappa shape index (κ1) is 13.5. The lowest BCUT2D eigenvalue weighted by molar-refractivity contribution is 0.303. The summed E-state index contributed by atoms with van der Waals surface area (Å²) in [7, 11) is 0. The average Bonchev–Trinajstić information content (AvgIpc) is 2.59. The van der Waals surface area contributed by atoms with Gasteiger partial charge in [-0.05, 0) is 26.7 Å². The molecule has 0 aliphatic carbocycles. The third-order valence-electron chi connectivity index (χ3n) is 3.35. The topological polar surface area (TPSA) is 76.4 Å². The zero-order valence-electron chi connectivity index (χ0n) is 11.1. The second-order valence-electron chi connectivity index (χ2n) is 5.08. The number of imidazole rings is 1. The Bertz CT molecular complexity index is 407. The number of nitrogens with zero attached hydrogens (tertiary/aromatic N) is 3. The highest BCUT2D eigenvalue weighted by atomic mass is 16.4. The number of amidine groups is 1. The van der Waals surface area contributed by atoms with Crippen LogP contribution in [0.2, 0.25) is 0 Å². The fourth-order valence-electron chi connectivity index (χ4n) is 1.72. The summed E-state index contributed by atoms with van der Waals surface area (Å²) >= 11 is 0. The summed E-state index contributed by atoms with van der Waals surface area (Å²) < 4.78 is 2.14. The highest BCUT2D eigenvalue weighted by Gasteiger charge is 2.22. The first-order chi connectivity index (χ1) is 7.88. The van der Waals surface area contributed by atoms with Gasteiger partial charge >= 0.3 is 0 Å². The molecule has 1 heterocycles. The number of hydrogen-bond donors (Lipinski definition) is 2. The van der Waals surface area contributed by atoms with Gasteiger partial charge in [-0.15, -0.1) is 0 Å². The first-order valence-electron chi connectivity index (χ1n) is 5.85. The van der Waals surface area contributed by atoms with Crippen molar-refractivity contribution in [3.63, 3.8) is 0 Å². The number of rotatable bonds is 5. The molecule has 0 radical (unpaired) electrons. The van der Waals surface area contributed by atoms with Crippen molar-refractivity contribution in [3.05, 3.63) is 17.7 Å². The lowest BCUT2D eigenvalue weighted by Gasteiger charge is -2.22. The van der Waals surface area contributed by atoms with E-state index in [-0.39, 0.29) is 11.3 Å². The van der Waals surface area contributed by atoms with Gasteiger partial charge < -0.3 is 15.5 Å². The standard InChI is InChI=1S/C12H22N4O/c1-9-10(2)16(8-14-9)7-5-6-12(3,4)11(13)15-17/h8,17H,5-7H2,1-4H3,(H2,13,15). The number of oxime groups is 1. The van der Waals surface area contributed by atoms with E-state index in [1.165, 1.54) is 5.69 Å². The van der Waals surface area contributed by atoms with E-state index in [0.29, 0.717) is 0 Å². The number of nitrogens with two attached hydrogens (primary N) is 1. The Balaban J connectivity index is 2.51. The Morgan fingerprint density at radius 2 is 2.18 bits per heavy atom. The Morgan fingerprint density at radius 3 is 2.65 bits per heavy atom. The normalized spacial score (nSPS) is 13.1.